The summed E-state index contributed by atoms with van der Waals surface area (Å²) in [5.41, 5.74) is 6.40. The molecule has 0 unspecified atom stereocenters. The van der Waals surface area contributed by atoms with E-state index in [2.05, 4.69) is 10.9 Å². The smallest absolute Gasteiger partial charge is 0.322 e. The van der Waals surface area contributed by atoms with Gasteiger partial charge in [-0.15, -0.1) is 0 Å². The fraction of sp³-hybridized carbons (Fsp3) is 0.222. The van der Waals surface area contributed by atoms with Crippen molar-refractivity contribution in [3.8, 4) is 0 Å². The van der Waals surface area contributed by atoms with Gasteiger partial charge in [0.05, 0.1) is 0 Å². The van der Waals surface area contributed by atoms with Gasteiger partial charge in [0.25, 0.3) is 0 Å². The fourth-order valence-electron chi connectivity index (χ4n) is 2.13. The maximum Gasteiger partial charge on any atom is 0.322 e. The van der Waals surface area contributed by atoms with Crippen LogP contribution in [-0.2, 0) is 22.4 Å². The standard InChI is InChI=1S/2C9H12N2O2/c2*10-11-8(9(12)13)6-7-4-2-1-3-5-7/h2*1-5,8,11H,6,10H2,(H,12,13)/t2*8-/m00/s1. The topological polar surface area (TPSA) is 151 Å². The molecule has 0 aliphatic rings. The lowest BCUT2D eigenvalue weighted by Crippen LogP contribution is -2.42. The van der Waals surface area contributed by atoms with Gasteiger partial charge in [0.2, 0.25) is 0 Å². The van der Waals surface area contributed by atoms with Gasteiger partial charge in [-0.05, 0) is 24.0 Å². The second-order valence-electron chi connectivity index (χ2n) is 5.49. The van der Waals surface area contributed by atoms with E-state index in [-0.39, 0.29) is 0 Å². The molecule has 0 bridgehead atoms. The summed E-state index contributed by atoms with van der Waals surface area (Å²) >= 11 is 0. The largest absolute Gasteiger partial charge is 0.480 e. The van der Waals surface area contributed by atoms with Crippen LogP contribution in [0.25, 0.3) is 0 Å². The molecule has 0 heterocycles. The first-order valence-corrected chi connectivity index (χ1v) is 7.93. The lowest BCUT2D eigenvalue weighted by molar-refractivity contribution is -0.140. The number of carboxylic acids is 2. The minimum atomic E-state index is -0.939. The first-order chi connectivity index (χ1) is 12.5. The van der Waals surface area contributed by atoms with E-state index in [9.17, 15) is 9.59 Å². The summed E-state index contributed by atoms with van der Waals surface area (Å²) in [6.07, 6.45) is 0.791. The molecule has 0 fully saturated rings. The van der Waals surface area contributed by atoms with Crippen LogP contribution in [0.2, 0.25) is 0 Å². The van der Waals surface area contributed by atoms with E-state index in [1.54, 1.807) is 0 Å². The third kappa shape index (κ3) is 7.86. The van der Waals surface area contributed by atoms with Crippen LogP contribution >= 0.6 is 0 Å². The van der Waals surface area contributed by atoms with Crippen LogP contribution in [0.4, 0.5) is 0 Å². The van der Waals surface area contributed by atoms with Gasteiger partial charge in [-0.3, -0.25) is 21.3 Å². The van der Waals surface area contributed by atoms with Crippen molar-refractivity contribution in [1.29, 1.82) is 0 Å². The second-order valence-corrected chi connectivity index (χ2v) is 5.49. The minimum Gasteiger partial charge on any atom is -0.480 e. The molecule has 0 radical (unpaired) electrons. The van der Waals surface area contributed by atoms with Crippen molar-refractivity contribution in [2.45, 2.75) is 24.9 Å². The van der Waals surface area contributed by atoms with Crippen LogP contribution in [0.1, 0.15) is 11.1 Å². The van der Waals surface area contributed by atoms with Crippen molar-refractivity contribution >= 4 is 11.9 Å². The van der Waals surface area contributed by atoms with E-state index < -0.39 is 24.0 Å². The quantitative estimate of drug-likeness (QED) is 0.290. The molecule has 140 valence electrons. The van der Waals surface area contributed by atoms with Crippen molar-refractivity contribution in [1.82, 2.24) is 10.9 Å². The molecule has 26 heavy (non-hydrogen) atoms. The molecule has 0 aromatic heterocycles. The van der Waals surface area contributed by atoms with Crippen molar-refractivity contribution in [2.75, 3.05) is 0 Å². The number of rotatable bonds is 8. The molecule has 2 aromatic carbocycles. The zero-order chi connectivity index (χ0) is 19.4. The number of hydrogen-bond acceptors (Lipinski definition) is 6. The summed E-state index contributed by atoms with van der Waals surface area (Å²) in [7, 11) is 0. The molecule has 0 aliphatic carbocycles. The van der Waals surface area contributed by atoms with Crippen LogP contribution in [-0.4, -0.2) is 34.2 Å². The Kier molecular flexibility index (Phi) is 9.58. The highest BCUT2D eigenvalue weighted by Gasteiger charge is 2.15. The van der Waals surface area contributed by atoms with Gasteiger partial charge >= 0.3 is 11.9 Å². The Bertz CT molecular complexity index is 608. The number of aliphatic carboxylic acids is 2. The molecule has 2 atom stereocenters. The SMILES string of the molecule is NN[C@@H](Cc1ccccc1)C(=O)O.NN[C@@H](Cc1ccccc1)C(=O)O. The van der Waals surface area contributed by atoms with Gasteiger partial charge in [0.1, 0.15) is 12.1 Å². The number of hydrogen-bond donors (Lipinski definition) is 6. The third-order valence-electron chi connectivity index (χ3n) is 3.56. The van der Waals surface area contributed by atoms with E-state index in [0.29, 0.717) is 12.8 Å². The van der Waals surface area contributed by atoms with Crippen molar-refractivity contribution in [3.05, 3.63) is 71.8 Å². The van der Waals surface area contributed by atoms with Crippen LogP contribution in [0.3, 0.4) is 0 Å². The Morgan fingerprint density at radius 2 is 1.04 bits per heavy atom. The maximum absolute atomic E-state index is 10.6. The Morgan fingerprint density at radius 1 is 0.731 bits per heavy atom. The molecule has 0 spiro atoms. The van der Waals surface area contributed by atoms with E-state index >= 15 is 0 Å². The molecule has 0 saturated heterocycles. The predicted molar refractivity (Wildman–Crippen MR) is 97.8 cm³/mol. The van der Waals surface area contributed by atoms with Crippen LogP contribution < -0.4 is 22.5 Å². The van der Waals surface area contributed by atoms with Crippen LogP contribution in [0, 0.1) is 0 Å². The van der Waals surface area contributed by atoms with E-state index in [1.165, 1.54) is 0 Å². The molecule has 2 aromatic rings. The molecular formula is C18H24N4O4. The Morgan fingerprint density at radius 3 is 1.27 bits per heavy atom. The number of carboxylic acid groups (broad SMARTS) is 2. The summed E-state index contributed by atoms with van der Waals surface area (Å²) in [4.78, 5) is 21.2. The van der Waals surface area contributed by atoms with Gasteiger partial charge in [0, 0.05) is 0 Å². The van der Waals surface area contributed by atoms with E-state index in [4.69, 9.17) is 21.9 Å². The Hall–Kier alpha value is -2.78. The molecule has 2 rings (SSSR count). The third-order valence-corrected chi connectivity index (χ3v) is 3.56. The highest BCUT2D eigenvalue weighted by Crippen LogP contribution is 2.03. The minimum absolute atomic E-state index is 0.396. The van der Waals surface area contributed by atoms with Gasteiger partial charge in [-0.2, -0.15) is 0 Å². The average molecular weight is 360 g/mol. The van der Waals surface area contributed by atoms with Gasteiger partial charge in [-0.25, -0.2) is 10.9 Å². The van der Waals surface area contributed by atoms with Crippen LogP contribution in [0.5, 0.6) is 0 Å². The van der Waals surface area contributed by atoms with Gasteiger partial charge < -0.3 is 10.2 Å². The van der Waals surface area contributed by atoms with E-state index in [0.717, 1.165) is 11.1 Å². The monoisotopic (exact) mass is 360 g/mol. The lowest BCUT2D eigenvalue weighted by atomic mass is 10.1. The highest BCUT2D eigenvalue weighted by molar-refractivity contribution is 5.74. The zero-order valence-electron chi connectivity index (χ0n) is 14.2. The van der Waals surface area contributed by atoms with E-state index in [1.807, 2.05) is 60.7 Å². The summed E-state index contributed by atoms with van der Waals surface area (Å²) in [5.74, 6) is 8.30. The zero-order valence-corrected chi connectivity index (χ0v) is 14.2. The molecule has 0 saturated carbocycles. The number of nitrogens with one attached hydrogen (secondary N) is 2. The van der Waals surface area contributed by atoms with Crippen molar-refractivity contribution in [3.63, 3.8) is 0 Å². The molecule has 0 amide bonds. The molecule has 0 aliphatic heterocycles. The fourth-order valence-corrected chi connectivity index (χ4v) is 2.13. The van der Waals surface area contributed by atoms with Crippen LogP contribution in [0.15, 0.2) is 60.7 Å². The summed E-state index contributed by atoms with van der Waals surface area (Å²) in [6.45, 7) is 0. The molecule has 8 heteroatoms. The van der Waals surface area contributed by atoms with Crippen molar-refractivity contribution < 1.29 is 19.8 Å². The Balaban J connectivity index is 0.000000260. The molecule has 8 nitrogen and oxygen atoms in total. The predicted octanol–water partition coefficient (Wildman–Crippen LogP) is 0.291. The lowest BCUT2D eigenvalue weighted by Gasteiger charge is -2.09. The number of nitrogens with two attached hydrogens (primary N) is 2. The first-order valence-electron chi connectivity index (χ1n) is 7.93. The maximum atomic E-state index is 10.6. The average Bonchev–Trinajstić information content (AvgIpc) is 2.66. The van der Waals surface area contributed by atoms with Gasteiger partial charge in [0.15, 0.2) is 0 Å². The number of benzene rings is 2. The second kappa shape index (κ2) is 11.7. The molecular weight excluding hydrogens is 336 g/mol. The number of carbonyl (C=O) groups is 2. The Labute approximate surface area is 151 Å². The summed E-state index contributed by atoms with van der Waals surface area (Å²) in [5, 5.41) is 17.4. The first kappa shape index (κ1) is 21.3. The summed E-state index contributed by atoms with van der Waals surface area (Å²) in [6, 6.07) is 17.3. The normalized spacial score (nSPS) is 12.4. The van der Waals surface area contributed by atoms with Crippen molar-refractivity contribution in [2.24, 2.45) is 11.7 Å². The molecule has 8 N–H and O–H groups in total. The number of hydrazine groups is 2. The van der Waals surface area contributed by atoms with Gasteiger partial charge in [-0.1, -0.05) is 60.7 Å². The highest BCUT2D eigenvalue weighted by atomic mass is 16.4. The summed E-state index contributed by atoms with van der Waals surface area (Å²) < 4.78 is 0.